The number of amides is 3. The minimum atomic E-state index is -0.801. The van der Waals surface area contributed by atoms with Gasteiger partial charge in [-0.1, -0.05) is 29.8 Å². The Hall–Kier alpha value is -1.88. The molecule has 3 rings (SSSR count). The second-order valence-electron chi connectivity index (χ2n) is 5.51. The second-order valence-corrected chi connectivity index (χ2v) is 5.51. The van der Waals surface area contributed by atoms with Crippen molar-refractivity contribution in [2.75, 3.05) is 19.8 Å². The van der Waals surface area contributed by atoms with Crippen molar-refractivity contribution in [1.29, 1.82) is 0 Å². The maximum atomic E-state index is 12.4. The van der Waals surface area contributed by atoms with E-state index in [0.717, 1.165) is 5.56 Å². The molecule has 5 nitrogen and oxygen atoms in total. The van der Waals surface area contributed by atoms with Crippen LogP contribution in [0.3, 0.4) is 0 Å². The number of hydrogen-bond acceptors (Lipinski definition) is 3. The predicted octanol–water partition coefficient (Wildman–Crippen LogP) is 1.25. The molecule has 0 bridgehead atoms. The number of rotatable bonds is 3. The van der Waals surface area contributed by atoms with Gasteiger partial charge in [0.05, 0.1) is 6.61 Å². The molecule has 1 aromatic carbocycles. The van der Waals surface area contributed by atoms with E-state index in [1.165, 1.54) is 10.5 Å². The first-order chi connectivity index (χ1) is 9.61. The Balaban J connectivity index is 1.67. The fraction of sp³-hybridized carbons (Fsp3) is 0.467. The van der Waals surface area contributed by atoms with E-state index < -0.39 is 5.54 Å². The monoisotopic (exact) mass is 274 g/mol. The number of carbonyl (C=O) groups is 2. The van der Waals surface area contributed by atoms with Crippen LogP contribution in [0.5, 0.6) is 0 Å². The lowest BCUT2D eigenvalue weighted by atomic mass is 9.99. The van der Waals surface area contributed by atoms with E-state index in [0.29, 0.717) is 32.6 Å². The number of imide groups is 1. The summed E-state index contributed by atoms with van der Waals surface area (Å²) in [6.45, 7) is 3.26. The molecule has 0 saturated carbocycles. The van der Waals surface area contributed by atoms with Crippen LogP contribution in [-0.2, 0) is 16.0 Å². The highest BCUT2D eigenvalue weighted by molar-refractivity contribution is 6.07. The molecular weight excluding hydrogens is 256 g/mol. The molecule has 20 heavy (non-hydrogen) atoms. The lowest BCUT2D eigenvalue weighted by Gasteiger charge is -2.18. The number of urea groups is 1. The number of hydrogen-bond donors (Lipinski definition) is 1. The van der Waals surface area contributed by atoms with Crippen LogP contribution < -0.4 is 5.32 Å². The van der Waals surface area contributed by atoms with E-state index in [1.807, 2.05) is 31.2 Å². The normalized spacial score (nSPS) is 25.6. The third-order valence-electron chi connectivity index (χ3n) is 4.01. The van der Waals surface area contributed by atoms with Gasteiger partial charge in [0, 0.05) is 19.6 Å². The third-order valence-corrected chi connectivity index (χ3v) is 4.01. The summed E-state index contributed by atoms with van der Waals surface area (Å²) in [5.41, 5.74) is 1.52. The molecule has 2 aliphatic heterocycles. The molecule has 2 aliphatic rings. The van der Waals surface area contributed by atoms with E-state index >= 15 is 0 Å². The van der Waals surface area contributed by atoms with Crippen molar-refractivity contribution in [3.8, 4) is 0 Å². The van der Waals surface area contributed by atoms with Crippen molar-refractivity contribution in [2.24, 2.45) is 0 Å². The van der Waals surface area contributed by atoms with Crippen LogP contribution in [0.15, 0.2) is 24.3 Å². The molecule has 1 atom stereocenters. The van der Waals surface area contributed by atoms with Crippen molar-refractivity contribution in [3.63, 3.8) is 0 Å². The molecule has 5 heteroatoms. The zero-order chi connectivity index (χ0) is 14.2. The Morgan fingerprint density at radius 2 is 2.05 bits per heavy atom. The first-order valence-corrected chi connectivity index (χ1v) is 6.88. The predicted molar refractivity (Wildman–Crippen MR) is 73.3 cm³/mol. The van der Waals surface area contributed by atoms with Crippen LogP contribution in [0.4, 0.5) is 4.79 Å². The zero-order valence-corrected chi connectivity index (χ0v) is 11.5. The molecule has 3 amide bonds. The number of benzene rings is 1. The Labute approximate surface area is 117 Å². The summed E-state index contributed by atoms with van der Waals surface area (Å²) in [4.78, 5) is 25.7. The molecule has 1 unspecified atom stereocenters. The smallest absolute Gasteiger partial charge is 0.325 e. The van der Waals surface area contributed by atoms with Crippen molar-refractivity contribution in [2.45, 2.75) is 25.3 Å². The van der Waals surface area contributed by atoms with Crippen molar-refractivity contribution >= 4 is 11.9 Å². The number of nitrogens with zero attached hydrogens (tertiary/aromatic N) is 1. The van der Waals surface area contributed by atoms with Crippen molar-refractivity contribution < 1.29 is 14.3 Å². The largest absolute Gasteiger partial charge is 0.378 e. The van der Waals surface area contributed by atoms with Gasteiger partial charge in [0.1, 0.15) is 5.54 Å². The highest BCUT2D eigenvalue weighted by Crippen LogP contribution is 2.26. The topological polar surface area (TPSA) is 58.6 Å². The van der Waals surface area contributed by atoms with Gasteiger partial charge in [0.15, 0.2) is 0 Å². The van der Waals surface area contributed by atoms with Gasteiger partial charge in [-0.25, -0.2) is 4.79 Å². The summed E-state index contributed by atoms with van der Waals surface area (Å²) in [5, 5.41) is 2.79. The van der Waals surface area contributed by atoms with Gasteiger partial charge in [-0.05, 0) is 18.9 Å². The van der Waals surface area contributed by atoms with E-state index in [9.17, 15) is 9.59 Å². The summed E-state index contributed by atoms with van der Waals surface area (Å²) < 4.78 is 5.26. The quantitative estimate of drug-likeness (QED) is 0.844. The van der Waals surface area contributed by atoms with Gasteiger partial charge in [-0.15, -0.1) is 0 Å². The fourth-order valence-electron chi connectivity index (χ4n) is 2.71. The van der Waals surface area contributed by atoms with E-state index in [4.69, 9.17) is 4.74 Å². The summed E-state index contributed by atoms with van der Waals surface area (Å²) in [6.07, 6.45) is 1.25. The average Bonchev–Trinajstić information content (AvgIpc) is 2.98. The summed E-state index contributed by atoms with van der Waals surface area (Å²) in [6, 6.07) is 7.83. The highest BCUT2D eigenvalue weighted by atomic mass is 16.5. The summed E-state index contributed by atoms with van der Waals surface area (Å²) >= 11 is 0. The molecule has 106 valence electrons. The van der Waals surface area contributed by atoms with Crippen LogP contribution in [0.2, 0.25) is 0 Å². The molecule has 0 aliphatic carbocycles. The number of carbonyl (C=O) groups excluding carboxylic acids is 2. The summed E-state index contributed by atoms with van der Waals surface area (Å²) in [5.74, 6) is -0.146. The van der Waals surface area contributed by atoms with Crippen molar-refractivity contribution in [1.82, 2.24) is 10.2 Å². The lowest BCUT2D eigenvalue weighted by Crippen LogP contribution is -2.47. The minimum Gasteiger partial charge on any atom is -0.378 e. The molecular formula is C15H18N2O3. The third kappa shape index (κ3) is 2.18. The standard InChI is InChI=1S/C15H18N2O3/c1-11-2-4-12(5-3-11)6-8-17-13(18)15(16-14(17)19)7-9-20-10-15/h2-5H,6-10H2,1H3,(H,16,19). The van der Waals surface area contributed by atoms with Gasteiger partial charge in [0.25, 0.3) is 5.91 Å². The van der Waals surface area contributed by atoms with Gasteiger partial charge < -0.3 is 10.1 Å². The lowest BCUT2D eigenvalue weighted by molar-refractivity contribution is -0.131. The maximum Gasteiger partial charge on any atom is 0.325 e. The van der Waals surface area contributed by atoms with Crippen LogP contribution in [-0.4, -0.2) is 42.1 Å². The molecule has 1 N–H and O–H groups in total. The molecule has 0 radical (unpaired) electrons. The second kappa shape index (κ2) is 4.90. The summed E-state index contributed by atoms with van der Waals surface area (Å²) in [7, 11) is 0. The number of ether oxygens (including phenoxy) is 1. The molecule has 2 heterocycles. The molecule has 1 aromatic rings. The maximum absolute atomic E-state index is 12.4. The molecule has 1 spiro atoms. The number of aryl methyl sites for hydroxylation is 1. The van der Waals surface area contributed by atoms with E-state index in [-0.39, 0.29) is 11.9 Å². The Kier molecular flexibility index (Phi) is 3.22. The van der Waals surface area contributed by atoms with Crippen LogP contribution in [0.1, 0.15) is 17.5 Å². The minimum absolute atomic E-state index is 0.146. The number of nitrogens with one attached hydrogen (secondary N) is 1. The average molecular weight is 274 g/mol. The first-order valence-electron chi connectivity index (χ1n) is 6.88. The van der Waals surface area contributed by atoms with E-state index in [2.05, 4.69) is 5.32 Å². The van der Waals surface area contributed by atoms with Crippen LogP contribution in [0.25, 0.3) is 0 Å². The Morgan fingerprint density at radius 3 is 2.70 bits per heavy atom. The van der Waals surface area contributed by atoms with Gasteiger partial charge in [0.2, 0.25) is 0 Å². The van der Waals surface area contributed by atoms with Crippen LogP contribution in [0, 0.1) is 6.92 Å². The first kappa shape index (κ1) is 13.1. The SMILES string of the molecule is Cc1ccc(CCN2C(=O)NC3(CCOC3)C2=O)cc1. The van der Waals surface area contributed by atoms with Gasteiger partial charge in [-0.3, -0.25) is 9.69 Å². The van der Waals surface area contributed by atoms with Crippen LogP contribution >= 0.6 is 0 Å². The molecule has 0 aromatic heterocycles. The Morgan fingerprint density at radius 1 is 1.30 bits per heavy atom. The molecule has 2 fully saturated rings. The van der Waals surface area contributed by atoms with Gasteiger partial charge >= 0.3 is 6.03 Å². The van der Waals surface area contributed by atoms with Crippen molar-refractivity contribution in [3.05, 3.63) is 35.4 Å². The fourth-order valence-corrected chi connectivity index (χ4v) is 2.71. The van der Waals surface area contributed by atoms with Gasteiger partial charge in [-0.2, -0.15) is 0 Å². The highest BCUT2D eigenvalue weighted by Gasteiger charge is 2.53. The Bertz CT molecular complexity index is 533. The van der Waals surface area contributed by atoms with E-state index in [1.54, 1.807) is 0 Å². The zero-order valence-electron chi connectivity index (χ0n) is 11.5. The molecule has 2 saturated heterocycles.